The SMILES string of the molecule is CCN(CC)CCOc1ccccc1NC(=O)CS(=O)(=O)N1CCN(c2cccc(C)c2)CC1. The lowest BCUT2D eigenvalue weighted by atomic mass is 10.2. The van der Waals surface area contributed by atoms with Crippen molar-refractivity contribution in [3.8, 4) is 5.75 Å². The number of sulfonamides is 1. The number of aryl methyl sites for hydroxylation is 1. The molecule has 8 nitrogen and oxygen atoms in total. The van der Waals surface area contributed by atoms with Crippen LogP contribution in [0.4, 0.5) is 11.4 Å². The molecule has 34 heavy (non-hydrogen) atoms. The molecule has 1 fully saturated rings. The number of piperazine rings is 1. The predicted octanol–water partition coefficient (Wildman–Crippen LogP) is 2.81. The zero-order chi connectivity index (χ0) is 24.6. The minimum atomic E-state index is -3.72. The van der Waals surface area contributed by atoms with E-state index in [-0.39, 0.29) is 0 Å². The van der Waals surface area contributed by atoms with E-state index in [0.29, 0.717) is 44.2 Å². The van der Waals surface area contributed by atoms with Gasteiger partial charge >= 0.3 is 0 Å². The second kappa shape index (κ2) is 12.2. The van der Waals surface area contributed by atoms with Crippen molar-refractivity contribution in [3.05, 3.63) is 54.1 Å². The summed E-state index contributed by atoms with van der Waals surface area (Å²) in [6.07, 6.45) is 0. The Morgan fingerprint density at radius 1 is 1.03 bits per heavy atom. The number of nitrogens with one attached hydrogen (secondary N) is 1. The van der Waals surface area contributed by atoms with Gasteiger partial charge in [0.05, 0.1) is 5.69 Å². The number of benzene rings is 2. The monoisotopic (exact) mass is 488 g/mol. The molecule has 0 bridgehead atoms. The number of amides is 1. The van der Waals surface area contributed by atoms with Gasteiger partial charge in [-0.05, 0) is 49.8 Å². The summed E-state index contributed by atoms with van der Waals surface area (Å²) < 4.78 is 33.0. The fraction of sp³-hybridized carbons (Fsp3) is 0.480. The van der Waals surface area contributed by atoms with Crippen LogP contribution in [-0.2, 0) is 14.8 Å². The Morgan fingerprint density at radius 3 is 2.41 bits per heavy atom. The first-order valence-corrected chi connectivity index (χ1v) is 13.5. The molecule has 3 rings (SSSR count). The number of ether oxygens (including phenoxy) is 1. The third kappa shape index (κ3) is 7.19. The number of para-hydroxylation sites is 2. The third-order valence-electron chi connectivity index (χ3n) is 6.03. The number of hydrogen-bond acceptors (Lipinski definition) is 6. The average Bonchev–Trinajstić information content (AvgIpc) is 2.82. The highest BCUT2D eigenvalue weighted by molar-refractivity contribution is 7.89. The van der Waals surface area contributed by atoms with Gasteiger partial charge in [0.25, 0.3) is 0 Å². The Kier molecular flexibility index (Phi) is 9.32. The summed E-state index contributed by atoms with van der Waals surface area (Å²) in [4.78, 5) is 17.0. The smallest absolute Gasteiger partial charge is 0.241 e. The van der Waals surface area contributed by atoms with Crippen LogP contribution in [0.5, 0.6) is 5.75 Å². The van der Waals surface area contributed by atoms with Crippen LogP contribution in [0, 0.1) is 6.92 Å². The number of carbonyl (C=O) groups excluding carboxylic acids is 1. The van der Waals surface area contributed by atoms with E-state index in [4.69, 9.17) is 4.74 Å². The minimum Gasteiger partial charge on any atom is -0.490 e. The van der Waals surface area contributed by atoms with Crippen molar-refractivity contribution in [2.45, 2.75) is 20.8 Å². The Morgan fingerprint density at radius 2 is 1.74 bits per heavy atom. The van der Waals surface area contributed by atoms with Crippen LogP contribution >= 0.6 is 0 Å². The Bertz CT molecular complexity index is 1050. The largest absolute Gasteiger partial charge is 0.490 e. The van der Waals surface area contributed by atoms with E-state index >= 15 is 0 Å². The number of rotatable bonds is 11. The Labute approximate surface area is 203 Å². The number of likely N-dealkylation sites (N-methyl/N-ethyl adjacent to an activating group) is 1. The van der Waals surface area contributed by atoms with Crippen LogP contribution < -0.4 is 15.0 Å². The van der Waals surface area contributed by atoms with Gasteiger partial charge in [-0.3, -0.25) is 4.79 Å². The molecule has 1 heterocycles. The molecule has 2 aromatic rings. The lowest BCUT2D eigenvalue weighted by Gasteiger charge is -2.35. The van der Waals surface area contributed by atoms with Gasteiger partial charge in [0.2, 0.25) is 15.9 Å². The van der Waals surface area contributed by atoms with Crippen molar-refractivity contribution in [2.75, 3.05) is 68.4 Å². The van der Waals surface area contributed by atoms with Gasteiger partial charge in [0, 0.05) is 38.4 Å². The molecule has 1 N–H and O–H groups in total. The summed E-state index contributed by atoms with van der Waals surface area (Å²) in [5, 5.41) is 2.72. The van der Waals surface area contributed by atoms with Crippen molar-refractivity contribution in [3.63, 3.8) is 0 Å². The lowest BCUT2D eigenvalue weighted by Crippen LogP contribution is -2.50. The molecule has 0 spiro atoms. The quantitative estimate of drug-likeness (QED) is 0.524. The predicted molar refractivity (Wildman–Crippen MR) is 137 cm³/mol. The van der Waals surface area contributed by atoms with Crippen LogP contribution in [-0.4, -0.2) is 81.7 Å². The summed E-state index contributed by atoms with van der Waals surface area (Å²) in [5.74, 6) is -0.626. The number of hydrogen-bond donors (Lipinski definition) is 1. The van der Waals surface area contributed by atoms with Crippen molar-refractivity contribution in [1.82, 2.24) is 9.21 Å². The van der Waals surface area contributed by atoms with Crippen LogP contribution in [0.2, 0.25) is 0 Å². The molecular formula is C25H36N4O4S. The molecular weight excluding hydrogens is 452 g/mol. The number of anilines is 2. The summed E-state index contributed by atoms with van der Waals surface area (Å²) in [6.45, 7) is 11.3. The van der Waals surface area contributed by atoms with Gasteiger partial charge in [-0.1, -0.05) is 38.1 Å². The minimum absolute atomic E-state index is 0.356. The molecule has 9 heteroatoms. The van der Waals surface area contributed by atoms with E-state index in [0.717, 1.165) is 25.3 Å². The molecule has 2 aromatic carbocycles. The van der Waals surface area contributed by atoms with Gasteiger partial charge < -0.3 is 19.9 Å². The van der Waals surface area contributed by atoms with Gasteiger partial charge in [0.15, 0.2) is 0 Å². The summed E-state index contributed by atoms with van der Waals surface area (Å²) in [5.41, 5.74) is 2.74. The maximum atomic E-state index is 12.9. The molecule has 1 saturated heterocycles. The summed E-state index contributed by atoms with van der Waals surface area (Å²) in [6, 6.07) is 15.3. The molecule has 0 unspecified atom stereocenters. The summed E-state index contributed by atoms with van der Waals surface area (Å²) >= 11 is 0. The Hall–Kier alpha value is -2.62. The third-order valence-corrected chi connectivity index (χ3v) is 7.81. The first-order chi connectivity index (χ1) is 16.3. The molecule has 0 saturated carbocycles. The normalized spacial score (nSPS) is 14.9. The van der Waals surface area contributed by atoms with Gasteiger partial charge in [-0.25, -0.2) is 8.42 Å². The second-order valence-corrected chi connectivity index (χ2v) is 10.4. The molecule has 1 amide bonds. The van der Waals surface area contributed by atoms with Crippen LogP contribution in [0.3, 0.4) is 0 Å². The van der Waals surface area contributed by atoms with Crippen LogP contribution in [0.1, 0.15) is 19.4 Å². The van der Waals surface area contributed by atoms with E-state index in [1.165, 1.54) is 9.87 Å². The van der Waals surface area contributed by atoms with Crippen molar-refractivity contribution >= 4 is 27.3 Å². The second-order valence-electron chi connectivity index (χ2n) is 8.40. The van der Waals surface area contributed by atoms with Gasteiger partial charge in [0.1, 0.15) is 18.1 Å². The molecule has 0 atom stereocenters. The fourth-order valence-corrected chi connectivity index (χ4v) is 5.32. The van der Waals surface area contributed by atoms with E-state index in [9.17, 15) is 13.2 Å². The topological polar surface area (TPSA) is 82.2 Å². The maximum absolute atomic E-state index is 12.9. The molecule has 0 radical (unpaired) electrons. The molecule has 186 valence electrons. The highest BCUT2D eigenvalue weighted by atomic mass is 32.2. The van der Waals surface area contributed by atoms with E-state index in [1.807, 2.05) is 31.2 Å². The van der Waals surface area contributed by atoms with Crippen molar-refractivity contribution in [1.29, 1.82) is 0 Å². The Balaban J connectivity index is 1.53. The number of carbonyl (C=O) groups is 1. The first kappa shape index (κ1) is 26.0. The molecule has 1 aliphatic heterocycles. The van der Waals surface area contributed by atoms with Crippen LogP contribution in [0.25, 0.3) is 0 Å². The molecule has 0 aliphatic carbocycles. The molecule has 1 aliphatic rings. The van der Waals surface area contributed by atoms with Crippen molar-refractivity contribution < 1.29 is 17.9 Å². The van der Waals surface area contributed by atoms with E-state index in [2.05, 4.69) is 35.0 Å². The summed E-state index contributed by atoms with van der Waals surface area (Å²) in [7, 11) is -3.72. The van der Waals surface area contributed by atoms with Gasteiger partial charge in [-0.2, -0.15) is 4.31 Å². The fourth-order valence-electron chi connectivity index (χ4n) is 4.01. The highest BCUT2D eigenvalue weighted by Gasteiger charge is 2.29. The van der Waals surface area contributed by atoms with Crippen molar-refractivity contribution in [2.24, 2.45) is 0 Å². The van der Waals surface area contributed by atoms with E-state index in [1.54, 1.807) is 18.2 Å². The zero-order valence-corrected chi connectivity index (χ0v) is 21.2. The average molecular weight is 489 g/mol. The standard InChI is InChI=1S/C25H36N4O4S/c1-4-27(5-2)17-18-33-24-12-7-6-11-23(24)26-25(30)20-34(31,32)29-15-13-28(14-16-29)22-10-8-9-21(3)19-22/h6-12,19H,4-5,13-18,20H2,1-3H3,(H,26,30). The highest BCUT2D eigenvalue weighted by Crippen LogP contribution is 2.24. The zero-order valence-electron chi connectivity index (χ0n) is 20.4. The van der Waals surface area contributed by atoms with E-state index < -0.39 is 21.7 Å². The first-order valence-electron chi connectivity index (χ1n) is 11.9. The lowest BCUT2D eigenvalue weighted by molar-refractivity contribution is -0.114. The van der Waals surface area contributed by atoms with Crippen LogP contribution in [0.15, 0.2) is 48.5 Å². The maximum Gasteiger partial charge on any atom is 0.241 e. The number of nitrogens with zero attached hydrogens (tertiary/aromatic N) is 3. The molecule has 0 aromatic heterocycles. The van der Waals surface area contributed by atoms with Gasteiger partial charge in [-0.15, -0.1) is 0 Å².